The van der Waals surface area contributed by atoms with Crippen LogP contribution in [0.4, 0.5) is 8.78 Å². The molecule has 0 saturated heterocycles. The first kappa shape index (κ1) is 14.1. The third kappa shape index (κ3) is 3.77. The highest BCUT2D eigenvalue weighted by Crippen LogP contribution is 2.23. The van der Waals surface area contributed by atoms with Gasteiger partial charge in [0.05, 0.1) is 0 Å². The summed E-state index contributed by atoms with van der Waals surface area (Å²) in [6.07, 6.45) is 1.02. The molecule has 0 saturated carbocycles. The molecule has 0 bridgehead atoms. The summed E-state index contributed by atoms with van der Waals surface area (Å²) >= 11 is 0. The first-order valence-corrected chi connectivity index (χ1v) is 6.04. The van der Waals surface area contributed by atoms with Crippen LogP contribution in [0.5, 0.6) is 0 Å². The van der Waals surface area contributed by atoms with Crippen LogP contribution in [0.3, 0.4) is 0 Å². The molecule has 1 atom stereocenters. The first-order valence-electron chi connectivity index (χ1n) is 6.04. The summed E-state index contributed by atoms with van der Waals surface area (Å²) in [5.41, 5.74) is 0.259. The molecule has 0 aliphatic heterocycles. The molecule has 0 aliphatic rings. The van der Waals surface area contributed by atoms with Gasteiger partial charge in [-0.3, -0.25) is 0 Å². The molecule has 0 spiro atoms. The molecule has 3 heteroatoms. The average molecular weight is 241 g/mol. The van der Waals surface area contributed by atoms with Gasteiger partial charge in [0.2, 0.25) is 0 Å². The number of nitrogens with one attached hydrogen (secondary N) is 1. The summed E-state index contributed by atoms with van der Waals surface area (Å²) in [5.74, 6) is -0.974. The van der Waals surface area contributed by atoms with Gasteiger partial charge >= 0.3 is 0 Å². The quantitative estimate of drug-likeness (QED) is 0.820. The van der Waals surface area contributed by atoms with E-state index in [0.29, 0.717) is 0 Å². The van der Waals surface area contributed by atoms with Gasteiger partial charge in [-0.25, -0.2) is 8.78 Å². The minimum atomic E-state index is -0.487. The van der Waals surface area contributed by atoms with Crippen LogP contribution in [0.25, 0.3) is 0 Å². The van der Waals surface area contributed by atoms with E-state index in [1.54, 1.807) is 6.92 Å². The van der Waals surface area contributed by atoms with Gasteiger partial charge in [0.1, 0.15) is 11.6 Å². The van der Waals surface area contributed by atoms with Gasteiger partial charge in [-0.1, -0.05) is 26.8 Å². The second-order valence-electron chi connectivity index (χ2n) is 5.26. The Balaban J connectivity index is 2.74. The predicted octanol–water partition coefficient (Wildman–Crippen LogP) is 4.05. The highest BCUT2D eigenvalue weighted by Gasteiger charge is 2.19. The van der Waals surface area contributed by atoms with Gasteiger partial charge in [0.15, 0.2) is 0 Å². The summed E-state index contributed by atoms with van der Waals surface area (Å²) in [7, 11) is 0. The Hall–Kier alpha value is -0.960. The van der Waals surface area contributed by atoms with E-state index in [1.807, 2.05) is 0 Å². The van der Waals surface area contributed by atoms with E-state index < -0.39 is 11.6 Å². The standard InChI is InChI=1S/C14H21F2N/c1-5-14(3,4)9-17-10(2)13-11(15)7-6-8-12(13)16/h6-8,10,17H,5,9H2,1-4H3. The van der Waals surface area contributed by atoms with E-state index in [9.17, 15) is 8.78 Å². The summed E-state index contributed by atoms with van der Waals surface area (Å²) in [4.78, 5) is 0. The maximum absolute atomic E-state index is 13.5. The van der Waals surface area contributed by atoms with E-state index in [0.717, 1.165) is 13.0 Å². The van der Waals surface area contributed by atoms with Crippen LogP contribution in [-0.2, 0) is 0 Å². The zero-order valence-electron chi connectivity index (χ0n) is 11.0. The lowest BCUT2D eigenvalue weighted by atomic mass is 9.90. The lowest BCUT2D eigenvalue weighted by Crippen LogP contribution is -2.31. The number of benzene rings is 1. The Labute approximate surface area is 102 Å². The molecule has 1 unspecified atom stereocenters. The molecule has 0 aromatic heterocycles. The van der Waals surface area contributed by atoms with Gasteiger partial charge in [0, 0.05) is 18.2 Å². The largest absolute Gasteiger partial charge is 0.309 e. The third-order valence-corrected chi connectivity index (χ3v) is 3.28. The minimum absolute atomic E-state index is 0.124. The van der Waals surface area contributed by atoms with Crippen LogP contribution in [0.2, 0.25) is 0 Å². The zero-order chi connectivity index (χ0) is 13.1. The Bertz CT molecular complexity index is 354. The lowest BCUT2D eigenvalue weighted by Gasteiger charge is -2.26. The van der Waals surface area contributed by atoms with Crippen LogP contribution in [0, 0.1) is 17.0 Å². The van der Waals surface area contributed by atoms with Crippen molar-refractivity contribution in [1.82, 2.24) is 5.32 Å². The van der Waals surface area contributed by atoms with E-state index in [2.05, 4.69) is 26.1 Å². The first-order chi connectivity index (χ1) is 7.87. The second-order valence-corrected chi connectivity index (χ2v) is 5.26. The van der Waals surface area contributed by atoms with E-state index >= 15 is 0 Å². The summed E-state index contributed by atoms with van der Waals surface area (Å²) < 4.78 is 27.0. The van der Waals surface area contributed by atoms with Crippen molar-refractivity contribution >= 4 is 0 Å². The van der Waals surface area contributed by atoms with Crippen molar-refractivity contribution in [3.63, 3.8) is 0 Å². The van der Waals surface area contributed by atoms with Crippen molar-refractivity contribution in [1.29, 1.82) is 0 Å². The van der Waals surface area contributed by atoms with Gasteiger partial charge in [-0.15, -0.1) is 0 Å². The Morgan fingerprint density at radius 3 is 2.24 bits per heavy atom. The molecule has 0 amide bonds. The van der Waals surface area contributed by atoms with Crippen LogP contribution in [-0.4, -0.2) is 6.54 Å². The topological polar surface area (TPSA) is 12.0 Å². The molecule has 0 heterocycles. The van der Waals surface area contributed by atoms with E-state index in [4.69, 9.17) is 0 Å². The number of hydrogen-bond donors (Lipinski definition) is 1. The molecular formula is C14H21F2N. The molecule has 0 aliphatic carbocycles. The van der Waals surface area contributed by atoms with Gasteiger partial charge in [-0.05, 0) is 30.9 Å². The summed E-state index contributed by atoms with van der Waals surface area (Å²) in [5, 5.41) is 3.19. The van der Waals surface area contributed by atoms with Crippen molar-refractivity contribution in [3.05, 3.63) is 35.4 Å². The maximum atomic E-state index is 13.5. The fourth-order valence-corrected chi connectivity index (χ4v) is 1.58. The fraction of sp³-hybridized carbons (Fsp3) is 0.571. The smallest absolute Gasteiger partial charge is 0.130 e. The molecule has 96 valence electrons. The van der Waals surface area contributed by atoms with Gasteiger partial charge in [-0.2, -0.15) is 0 Å². The number of halogens is 2. The van der Waals surface area contributed by atoms with E-state index in [-0.39, 0.29) is 17.0 Å². The molecular weight excluding hydrogens is 220 g/mol. The SMILES string of the molecule is CCC(C)(C)CNC(C)c1c(F)cccc1F. The molecule has 0 radical (unpaired) electrons. The molecule has 1 aromatic carbocycles. The normalized spacial score (nSPS) is 13.8. The van der Waals surface area contributed by atoms with Crippen molar-refractivity contribution in [2.75, 3.05) is 6.54 Å². The Morgan fingerprint density at radius 1 is 1.24 bits per heavy atom. The van der Waals surface area contributed by atoms with Crippen LogP contribution in [0.1, 0.15) is 45.7 Å². The summed E-state index contributed by atoms with van der Waals surface area (Å²) in [6.45, 7) is 8.89. The predicted molar refractivity (Wildman–Crippen MR) is 66.8 cm³/mol. The van der Waals surface area contributed by atoms with Crippen LogP contribution in [0.15, 0.2) is 18.2 Å². The summed E-state index contributed by atoms with van der Waals surface area (Å²) in [6, 6.07) is 3.65. The van der Waals surface area contributed by atoms with E-state index in [1.165, 1.54) is 18.2 Å². The maximum Gasteiger partial charge on any atom is 0.130 e. The van der Waals surface area contributed by atoms with Crippen molar-refractivity contribution in [2.45, 2.75) is 40.2 Å². The Kier molecular flexibility index (Phi) is 4.63. The number of rotatable bonds is 5. The fourth-order valence-electron chi connectivity index (χ4n) is 1.58. The number of hydrogen-bond acceptors (Lipinski definition) is 1. The Morgan fingerprint density at radius 2 is 1.76 bits per heavy atom. The third-order valence-electron chi connectivity index (χ3n) is 3.28. The van der Waals surface area contributed by atoms with Crippen molar-refractivity contribution in [3.8, 4) is 0 Å². The second kappa shape index (κ2) is 5.58. The lowest BCUT2D eigenvalue weighted by molar-refractivity contribution is 0.310. The molecule has 1 rings (SSSR count). The van der Waals surface area contributed by atoms with Gasteiger partial charge < -0.3 is 5.32 Å². The van der Waals surface area contributed by atoms with Gasteiger partial charge in [0.25, 0.3) is 0 Å². The highest BCUT2D eigenvalue weighted by molar-refractivity contribution is 5.22. The minimum Gasteiger partial charge on any atom is -0.309 e. The van der Waals surface area contributed by atoms with Crippen LogP contribution < -0.4 is 5.32 Å². The molecule has 1 N–H and O–H groups in total. The highest BCUT2D eigenvalue weighted by atomic mass is 19.1. The molecule has 17 heavy (non-hydrogen) atoms. The molecule has 1 nitrogen and oxygen atoms in total. The van der Waals surface area contributed by atoms with Crippen molar-refractivity contribution in [2.24, 2.45) is 5.41 Å². The van der Waals surface area contributed by atoms with Crippen LogP contribution >= 0.6 is 0 Å². The molecule has 0 fully saturated rings. The average Bonchev–Trinajstić information content (AvgIpc) is 2.26. The molecule has 1 aromatic rings. The monoisotopic (exact) mass is 241 g/mol. The zero-order valence-corrected chi connectivity index (χ0v) is 11.0. The van der Waals surface area contributed by atoms with Crippen molar-refractivity contribution < 1.29 is 8.78 Å².